The predicted octanol–water partition coefficient (Wildman–Crippen LogP) is -3.79. The monoisotopic (exact) mass is 430 g/mol. The number of para-hydroxylation sites is 6. The Kier molecular flexibility index (Phi) is 8.71. The van der Waals surface area contributed by atoms with Crippen LogP contribution in [0, 0.1) is 0 Å². The molecule has 0 bridgehead atoms. The molecule has 6 nitrogen and oxygen atoms in total. The van der Waals surface area contributed by atoms with Gasteiger partial charge in [0.2, 0.25) is 0 Å². The Morgan fingerprint density at radius 3 is 1.00 bits per heavy atom. The van der Waals surface area contributed by atoms with Gasteiger partial charge in [0.1, 0.15) is 0 Å². The summed E-state index contributed by atoms with van der Waals surface area (Å²) in [5.74, 6) is 1.82. The average Bonchev–Trinajstić information content (AvgIpc) is 3.16. The first-order chi connectivity index (χ1) is 12.2. The molecule has 27 heavy (non-hydrogen) atoms. The van der Waals surface area contributed by atoms with Gasteiger partial charge in [0.25, 0.3) is 0 Å². The summed E-state index contributed by atoms with van der Waals surface area (Å²) >= 11 is 0. The van der Waals surface area contributed by atoms with Gasteiger partial charge in [-0.1, -0.05) is 48.5 Å². The summed E-state index contributed by atoms with van der Waals surface area (Å²) in [5, 5.41) is 20.6. The average molecular weight is 431 g/mol. The zero-order valence-electron chi connectivity index (χ0n) is 14.9. The molecule has 0 unspecified atom stereocenters. The van der Waals surface area contributed by atoms with E-state index >= 15 is 0 Å². The summed E-state index contributed by atoms with van der Waals surface area (Å²) in [5.41, 5.74) is 0. The molecular formula is C18H12K2O6Si. The van der Waals surface area contributed by atoms with Crippen LogP contribution in [0.5, 0.6) is 34.5 Å². The van der Waals surface area contributed by atoms with Crippen molar-refractivity contribution in [3.05, 3.63) is 72.8 Å². The number of rotatable bonds is 0. The van der Waals surface area contributed by atoms with Gasteiger partial charge in [0.15, 0.2) is 23.0 Å². The van der Waals surface area contributed by atoms with Gasteiger partial charge in [0, 0.05) is 0 Å². The van der Waals surface area contributed by atoms with E-state index in [4.69, 9.17) is 17.7 Å². The van der Waals surface area contributed by atoms with Gasteiger partial charge < -0.3 is 27.9 Å². The normalized spacial score (nSPS) is 13.6. The van der Waals surface area contributed by atoms with E-state index < -0.39 is 20.5 Å². The SMILES string of the molecule is [K+].[K+].[O-]c1ccccc1[O-].c1ccc2c(c1)O[Si]1(O2)Oc2ccccc2O1. The molecule has 0 atom stereocenters. The Morgan fingerprint density at radius 2 is 0.741 bits per heavy atom. The van der Waals surface area contributed by atoms with Crippen LogP contribution in [0.25, 0.3) is 0 Å². The Bertz CT molecular complexity index is 796. The molecule has 2 aliphatic heterocycles. The Balaban J connectivity index is 0.000000226. The molecule has 2 heterocycles. The molecule has 0 amide bonds. The molecule has 126 valence electrons. The Hall–Kier alpha value is -0.0504. The van der Waals surface area contributed by atoms with E-state index in [2.05, 4.69) is 0 Å². The maximum Gasteiger partial charge on any atom is 1.00 e. The zero-order chi connectivity index (χ0) is 17.3. The largest absolute Gasteiger partial charge is 1.00 e. The smallest absolute Gasteiger partial charge is 0.873 e. The molecule has 2 aliphatic rings. The van der Waals surface area contributed by atoms with Crippen molar-refractivity contribution in [2.24, 2.45) is 0 Å². The third-order valence-electron chi connectivity index (χ3n) is 3.49. The van der Waals surface area contributed by atoms with E-state index in [-0.39, 0.29) is 103 Å². The van der Waals surface area contributed by atoms with Crippen molar-refractivity contribution in [3.63, 3.8) is 0 Å². The van der Waals surface area contributed by atoms with Crippen molar-refractivity contribution in [1.82, 2.24) is 0 Å². The van der Waals surface area contributed by atoms with E-state index in [1.54, 1.807) is 12.1 Å². The number of fused-ring (bicyclic) bond motifs is 2. The molecule has 0 saturated carbocycles. The maximum atomic E-state index is 10.3. The van der Waals surface area contributed by atoms with Crippen molar-refractivity contribution in [3.8, 4) is 34.5 Å². The van der Waals surface area contributed by atoms with Crippen LogP contribution in [0.3, 0.4) is 0 Å². The van der Waals surface area contributed by atoms with Crippen molar-refractivity contribution in [2.75, 3.05) is 0 Å². The standard InChI is InChI=1S/C12H8O4Si.C6H6O2.2K/c1-2-6-10-9(5-1)13-17(14-10)15-11-7-3-4-8-12(11)16-17;7-5-3-1-2-4-6(5)8;;/h1-8H;1-4,7-8H;;/q;;2*+1/p-2. The van der Waals surface area contributed by atoms with Crippen molar-refractivity contribution in [2.45, 2.75) is 0 Å². The maximum absolute atomic E-state index is 10.3. The quantitative estimate of drug-likeness (QED) is 0.340. The molecule has 1 spiro atoms. The van der Waals surface area contributed by atoms with Crippen LogP contribution in [0.4, 0.5) is 0 Å². The minimum Gasteiger partial charge on any atom is -0.873 e. The first-order valence-electron chi connectivity index (χ1n) is 7.52. The molecule has 0 N–H and O–H groups in total. The predicted molar refractivity (Wildman–Crippen MR) is 86.5 cm³/mol. The second-order valence-electron chi connectivity index (χ2n) is 5.25. The molecule has 5 rings (SSSR count). The molecule has 0 saturated heterocycles. The Morgan fingerprint density at radius 1 is 0.481 bits per heavy atom. The van der Waals surface area contributed by atoms with Crippen LogP contribution in [0.2, 0.25) is 0 Å². The molecule has 0 aromatic heterocycles. The molecule has 0 fully saturated rings. The van der Waals surface area contributed by atoms with E-state index in [0.717, 1.165) is 0 Å². The van der Waals surface area contributed by atoms with Gasteiger partial charge in [-0.3, -0.25) is 0 Å². The van der Waals surface area contributed by atoms with Crippen molar-refractivity contribution in [1.29, 1.82) is 0 Å². The number of hydrogen-bond donors (Lipinski definition) is 0. The Labute approximate surface area is 242 Å². The van der Waals surface area contributed by atoms with Gasteiger partial charge in [-0.25, -0.2) is 0 Å². The fourth-order valence-electron chi connectivity index (χ4n) is 2.35. The minimum absolute atomic E-state index is 0. The third-order valence-corrected chi connectivity index (χ3v) is 5.37. The van der Waals surface area contributed by atoms with E-state index in [9.17, 15) is 10.2 Å². The zero-order valence-corrected chi connectivity index (χ0v) is 22.1. The van der Waals surface area contributed by atoms with Gasteiger partial charge in [-0.2, -0.15) is 0 Å². The van der Waals surface area contributed by atoms with Crippen LogP contribution in [0.1, 0.15) is 0 Å². The number of benzene rings is 3. The van der Waals surface area contributed by atoms with Gasteiger partial charge in [0.05, 0.1) is 0 Å². The first-order valence-corrected chi connectivity index (χ1v) is 9.16. The first kappa shape index (κ1) is 23.2. The summed E-state index contributed by atoms with van der Waals surface area (Å²) < 4.78 is 22.8. The van der Waals surface area contributed by atoms with Crippen LogP contribution in [-0.4, -0.2) is 9.05 Å². The van der Waals surface area contributed by atoms with Gasteiger partial charge in [-0.15, -0.1) is 11.5 Å². The minimum atomic E-state index is -3.08. The van der Waals surface area contributed by atoms with E-state index in [0.29, 0.717) is 23.0 Å². The van der Waals surface area contributed by atoms with E-state index in [1.807, 2.05) is 48.5 Å². The summed E-state index contributed by atoms with van der Waals surface area (Å²) in [4.78, 5) is 0. The second kappa shape index (κ2) is 10.1. The molecule has 9 heteroatoms. The summed E-state index contributed by atoms with van der Waals surface area (Å²) in [6, 6.07) is 20.5. The molecule has 0 radical (unpaired) electrons. The van der Waals surface area contributed by atoms with Gasteiger partial charge >= 0.3 is 112 Å². The summed E-state index contributed by atoms with van der Waals surface area (Å²) in [6.45, 7) is 0. The molecule has 0 aliphatic carbocycles. The van der Waals surface area contributed by atoms with Crippen LogP contribution < -0.4 is 131 Å². The third kappa shape index (κ3) is 5.31. The van der Waals surface area contributed by atoms with Crippen molar-refractivity contribution >= 4 is 9.05 Å². The fraction of sp³-hybridized carbons (Fsp3) is 0. The van der Waals surface area contributed by atoms with Gasteiger partial charge in [-0.05, 0) is 24.3 Å². The molecule has 3 aromatic carbocycles. The molecular weight excluding hydrogens is 418 g/mol. The summed E-state index contributed by atoms with van der Waals surface area (Å²) in [6.07, 6.45) is 0. The topological polar surface area (TPSA) is 83.0 Å². The van der Waals surface area contributed by atoms with Crippen LogP contribution in [0.15, 0.2) is 72.8 Å². The van der Waals surface area contributed by atoms with E-state index in [1.165, 1.54) is 12.1 Å². The van der Waals surface area contributed by atoms with Crippen LogP contribution in [-0.2, 0) is 0 Å². The van der Waals surface area contributed by atoms with Crippen LogP contribution >= 0.6 is 0 Å². The number of hydrogen-bond acceptors (Lipinski definition) is 6. The molecule has 3 aromatic rings. The van der Waals surface area contributed by atoms with Crippen molar-refractivity contribution < 1.29 is 131 Å². The summed E-state index contributed by atoms with van der Waals surface area (Å²) in [7, 11) is -3.08. The second-order valence-corrected chi connectivity index (χ2v) is 7.06. The fourth-order valence-corrected chi connectivity index (χ4v) is 4.35.